The summed E-state index contributed by atoms with van der Waals surface area (Å²) in [6.07, 6.45) is -0.778. The Bertz CT molecular complexity index is 578. The molecule has 0 spiro atoms. The van der Waals surface area contributed by atoms with Crippen molar-refractivity contribution in [3.8, 4) is 0 Å². The van der Waals surface area contributed by atoms with Crippen molar-refractivity contribution in [2.24, 2.45) is 11.8 Å². The van der Waals surface area contributed by atoms with Gasteiger partial charge in [-0.25, -0.2) is 0 Å². The highest BCUT2D eigenvalue weighted by Crippen LogP contribution is 2.31. The minimum Gasteiger partial charge on any atom is -0.416 e. The highest BCUT2D eigenvalue weighted by atomic mass is 19.4. The largest absolute Gasteiger partial charge is 0.470 e. The van der Waals surface area contributed by atoms with Gasteiger partial charge >= 0.3 is 12.1 Å². The summed E-state index contributed by atoms with van der Waals surface area (Å²) in [5.41, 5.74) is 0. The first kappa shape index (κ1) is 17.2. The van der Waals surface area contributed by atoms with E-state index >= 15 is 0 Å². The predicted molar refractivity (Wildman–Crippen MR) is 77.7 cm³/mol. The molecule has 1 aliphatic carbocycles. The second-order valence-corrected chi connectivity index (χ2v) is 6.71. The molecule has 0 bridgehead atoms. The first-order valence-corrected chi connectivity index (χ1v) is 8.20. The van der Waals surface area contributed by atoms with Gasteiger partial charge in [0, 0.05) is 19.5 Å². The van der Waals surface area contributed by atoms with Crippen LogP contribution in [0.2, 0.25) is 0 Å². The summed E-state index contributed by atoms with van der Waals surface area (Å²) in [7, 11) is 1.85. The van der Waals surface area contributed by atoms with Gasteiger partial charge in [0.15, 0.2) is 0 Å². The van der Waals surface area contributed by atoms with Crippen LogP contribution in [0, 0.1) is 11.8 Å². The van der Waals surface area contributed by atoms with Crippen molar-refractivity contribution in [2.75, 3.05) is 26.7 Å². The lowest BCUT2D eigenvalue weighted by Gasteiger charge is -2.33. The van der Waals surface area contributed by atoms with Gasteiger partial charge < -0.3 is 9.32 Å². The molecule has 0 N–H and O–H groups in total. The lowest BCUT2D eigenvalue weighted by Crippen LogP contribution is -2.39. The van der Waals surface area contributed by atoms with Crippen molar-refractivity contribution in [1.29, 1.82) is 0 Å². The van der Waals surface area contributed by atoms with Crippen molar-refractivity contribution < 1.29 is 22.4 Å². The van der Waals surface area contributed by atoms with Gasteiger partial charge in [0.2, 0.25) is 11.8 Å². The molecule has 1 aromatic heterocycles. The summed E-state index contributed by atoms with van der Waals surface area (Å²) >= 11 is 0. The fourth-order valence-corrected chi connectivity index (χ4v) is 3.07. The summed E-state index contributed by atoms with van der Waals surface area (Å²) in [6.45, 7) is 2.48. The summed E-state index contributed by atoms with van der Waals surface area (Å²) < 4.78 is 42.0. The van der Waals surface area contributed by atoms with Crippen molar-refractivity contribution in [3.63, 3.8) is 0 Å². The van der Waals surface area contributed by atoms with Crippen LogP contribution in [0.25, 0.3) is 0 Å². The Balaban J connectivity index is 1.43. The molecule has 6 nitrogen and oxygen atoms in total. The molecule has 24 heavy (non-hydrogen) atoms. The van der Waals surface area contributed by atoms with Gasteiger partial charge in [-0.3, -0.25) is 9.69 Å². The third-order valence-electron chi connectivity index (χ3n) is 4.61. The molecule has 0 radical (unpaired) electrons. The molecule has 2 heterocycles. The summed E-state index contributed by atoms with van der Waals surface area (Å²) in [6, 6.07) is 0. The third-order valence-corrected chi connectivity index (χ3v) is 4.61. The van der Waals surface area contributed by atoms with E-state index < -0.39 is 12.1 Å². The Morgan fingerprint density at radius 1 is 1.25 bits per heavy atom. The molecule has 0 unspecified atom stereocenters. The predicted octanol–water partition coefficient (Wildman–Crippen LogP) is 2.17. The number of hydrogen-bond donors (Lipinski definition) is 0. The van der Waals surface area contributed by atoms with Crippen LogP contribution < -0.4 is 0 Å². The highest BCUT2D eigenvalue weighted by Gasteiger charge is 2.38. The Hall–Kier alpha value is -1.64. The molecule has 2 aliphatic rings. The van der Waals surface area contributed by atoms with Crippen LogP contribution in [0.3, 0.4) is 0 Å². The van der Waals surface area contributed by atoms with E-state index in [-0.39, 0.29) is 24.3 Å². The van der Waals surface area contributed by atoms with Crippen LogP contribution in [-0.4, -0.2) is 52.6 Å². The zero-order valence-corrected chi connectivity index (χ0v) is 13.6. The Labute approximate surface area is 138 Å². The summed E-state index contributed by atoms with van der Waals surface area (Å²) in [4.78, 5) is 15.8. The van der Waals surface area contributed by atoms with E-state index in [0.717, 1.165) is 45.3 Å². The minimum atomic E-state index is -4.60. The smallest absolute Gasteiger partial charge is 0.416 e. The van der Waals surface area contributed by atoms with Gasteiger partial charge in [-0.1, -0.05) is 0 Å². The van der Waals surface area contributed by atoms with Crippen LogP contribution in [0.5, 0.6) is 0 Å². The lowest BCUT2D eigenvalue weighted by atomic mass is 9.96. The SMILES string of the molecule is CN(CC1CCN(Cc2nnc(C(F)(F)F)o2)CC1)C(=O)C1CC1. The minimum absolute atomic E-state index is 0.0122. The van der Waals surface area contributed by atoms with Crippen molar-refractivity contribution >= 4 is 5.91 Å². The number of likely N-dealkylation sites (tertiary alicyclic amines) is 1. The molecule has 3 rings (SSSR count). The zero-order valence-electron chi connectivity index (χ0n) is 13.6. The molecule has 1 amide bonds. The molecular weight excluding hydrogens is 325 g/mol. The van der Waals surface area contributed by atoms with Gasteiger partial charge in [-0.05, 0) is 44.7 Å². The maximum Gasteiger partial charge on any atom is 0.470 e. The quantitative estimate of drug-likeness (QED) is 0.818. The molecule has 1 saturated carbocycles. The Morgan fingerprint density at radius 2 is 1.92 bits per heavy atom. The molecule has 1 aliphatic heterocycles. The van der Waals surface area contributed by atoms with Gasteiger partial charge in [-0.15, -0.1) is 10.2 Å². The fourth-order valence-electron chi connectivity index (χ4n) is 3.07. The number of aromatic nitrogens is 2. The molecule has 0 aromatic carbocycles. The average Bonchev–Trinajstić information content (AvgIpc) is 3.26. The van der Waals surface area contributed by atoms with E-state index in [1.807, 2.05) is 16.8 Å². The van der Waals surface area contributed by atoms with Crippen LogP contribution in [-0.2, 0) is 17.5 Å². The number of nitrogens with zero attached hydrogens (tertiary/aromatic N) is 4. The number of hydrogen-bond acceptors (Lipinski definition) is 5. The molecule has 1 aromatic rings. The average molecular weight is 346 g/mol. The van der Waals surface area contributed by atoms with E-state index in [9.17, 15) is 18.0 Å². The molecule has 134 valence electrons. The topological polar surface area (TPSA) is 62.5 Å². The van der Waals surface area contributed by atoms with E-state index in [1.165, 1.54) is 0 Å². The number of halogens is 3. The maximum absolute atomic E-state index is 12.4. The van der Waals surface area contributed by atoms with Gasteiger partial charge in [0.25, 0.3) is 0 Å². The van der Waals surface area contributed by atoms with Crippen LogP contribution in [0.4, 0.5) is 13.2 Å². The van der Waals surface area contributed by atoms with Crippen molar-refractivity contribution in [3.05, 3.63) is 11.8 Å². The monoisotopic (exact) mass is 346 g/mol. The number of piperidine rings is 1. The first-order valence-electron chi connectivity index (χ1n) is 8.20. The first-order chi connectivity index (χ1) is 11.3. The number of rotatable bonds is 5. The number of amides is 1. The normalized spacial score (nSPS) is 20.3. The molecule has 2 fully saturated rings. The standard InChI is InChI=1S/C15H21F3N4O2/c1-21(13(23)11-2-3-11)8-10-4-6-22(7-5-10)9-12-19-20-14(24-12)15(16,17)18/h10-11H,2-9H2,1H3. The second kappa shape index (κ2) is 6.70. The van der Waals surface area contributed by atoms with E-state index in [2.05, 4.69) is 14.6 Å². The van der Waals surface area contributed by atoms with Crippen LogP contribution >= 0.6 is 0 Å². The van der Waals surface area contributed by atoms with Crippen molar-refractivity contribution in [2.45, 2.75) is 38.4 Å². The van der Waals surface area contributed by atoms with Gasteiger partial charge in [-0.2, -0.15) is 13.2 Å². The third kappa shape index (κ3) is 4.25. The molecule has 0 atom stereocenters. The van der Waals surface area contributed by atoms with Gasteiger partial charge in [0.1, 0.15) is 0 Å². The summed E-state index contributed by atoms with van der Waals surface area (Å²) in [5, 5.41) is 6.50. The second-order valence-electron chi connectivity index (χ2n) is 6.71. The summed E-state index contributed by atoms with van der Waals surface area (Å²) in [5.74, 6) is -0.407. The lowest BCUT2D eigenvalue weighted by molar-refractivity contribution is -0.157. The Kier molecular flexibility index (Phi) is 4.80. The Morgan fingerprint density at radius 3 is 2.46 bits per heavy atom. The van der Waals surface area contributed by atoms with Gasteiger partial charge in [0.05, 0.1) is 6.54 Å². The number of alkyl halides is 3. The molecule has 1 saturated heterocycles. The highest BCUT2D eigenvalue weighted by molar-refractivity contribution is 5.80. The molecule has 9 heteroatoms. The van der Waals surface area contributed by atoms with Crippen LogP contribution in [0.15, 0.2) is 4.42 Å². The van der Waals surface area contributed by atoms with E-state index in [4.69, 9.17) is 0 Å². The maximum atomic E-state index is 12.4. The van der Waals surface area contributed by atoms with E-state index in [0.29, 0.717) is 5.92 Å². The van der Waals surface area contributed by atoms with E-state index in [1.54, 1.807) is 0 Å². The molecular formula is C15H21F3N4O2. The number of carbonyl (C=O) groups excluding carboxylic acids is 1. The van der Waals surface area contributed by atoms with Crippen LogP contribution in [0.1, 0.15) is 37.5 Å². The fraction of sp³-hybridized carbons (Fsp3) is 0.800. The van der Waals surface area contributed by atoms with Crippen molar-refractivity contribution in [1.82, 2.24) is 20.0 Å². The zero-order chi connectivity index (χ0) is 17.3. The number of carbonyl (C=O) groups is 1.